The fraction of sp³-hybridized carbons (Fsp3) is 0.130. The van der Waals surface area contributed by atoms with E-state index in [-0.39, 0.29) is 6.04 Å². The summed E-state index contributed by atoms with van der Waals surface area (Å²) in [5.74, 6) is -0.640. The average Bonchev–Trinajstić information content (AvgIpc) is 3.22. The number of hydrogen-bond acceptors (Lipinski definition) is 5. The van der Waals surface area contributed by atoms with Crippen LogP contribution in [0.1, 0.15) is 24.2 Å². The van der Waals surface area contributed by atoms with Crippen LogP contribution in [0.25, 0.3) is 22.0 Å². The highest BCUT2D eigenvalue weighted by Crippen LogP contribution is 2.38. The van der Waals surface area contributed by atoms with Crippen LogP contribution in [0.4, 0.5) is 20.3 Å². The molecule has 5 nitrogen and oxygen atoms in total. The molecule has 1 unspecified atom stereocenters. The lowest BCUT2D eigenvalue weighted by atomic mass is 9.92. The molecule has 0 fully saturated rings. The number of benzene rings is 2. The van der Waals surface area contributed by atoms with Gasteiger partial charge in [-0.3, -0.25) is 9.98 Å². The first-order valence-corrected chi connectivity index (χ1v) is 9.57. The monoisotopic (exact) mass is 401 g/mol. The number of anilines is 1. The van der Waals surface area contributed by atoms with E-state index in [2.05, 4.69) is 25.3 Å². The predicted octanol–water partition coefficient (Wildman–Crippen LogP) is 5.40. The van der Waals surface area contributed by atoms with Crippen molar-refractivity contribution in [1.82, 2.24) is 15.0 Å². The molecular weight excluding hydrogens is 384 g/mol. The topological polar surface area (TPSA) is 63.1 Å². The molecule has 30 heavy (non-hydrogen) atoms. The number of rotatable bonds is 4. The van der Waals surface area contributed by atoms with Crippen LogP contribution < -0.4 is 5.32 Å². The average molecular weight is 401 g/mol. The molecule has 148 valence electrons. The van der Waals surface area contributed by atoms with Crippen molar-refractivity contribution in [3.63, 3.8) is 0 Å². The van der Waals surface area contributed by atoms with Crippen molar-refractivity contribution in [2.45, 2.75) is 19.4 Å². The van der Waals surface area contributed by atoms with Crippen LogP contribution in [0.15, 0.2) is 60.0 Å². The second-order valence-corrected chi connectivity index (χ2v) is 7.16. The van der Waals surface area contributed by atoms with Crippen molar-refractivity contribution in [3.05, 3.63) is 77.9 Å². The highest BCUT2D eigenvalue weighted by Gasteiger charge is 2.20. The van der Waals surface area contributed by atoms with Crippen molar-refractivity contribution >= 4 is 28.6 Å². The number of fused-ring (bicyclic) bond motifs is 2. The van der Waals surface area contributed by atoms with Crippen LogP contribution >= 0.6 is 0 Å². The molecule has 1 aliphatic heterocycles. The second kappa shape index (κ2) is 7.26. The SMILES string of the molecule is CC(Nc1ncnc2c1N=CC2)c1ccc2cccnc2c1-c1cc(F)cc(F)c1. The summed E-state index contributed by atoms with van der Waals surface area (Å²) in [5, 5.41) is 4.27. The molecule has 4 aromatic rings. The third-order valence-electron chi connectivity index (χ3n) is 5.18. The normalized spacial score (nSPS) is 13.4. The van der Waals surface area contributed by atoms with Gasteiger partial charge in [-0.05, 0) is 36.2 Å². The van der Waals surface area contributed by atoms with Crippen LogP contribution in [-0.4, -0.2) is 21.2 Å². The maximum absolute atomic E-state index is 14.0. The summed E-state index contributed by atoms with van der Waals surface area (Å²) in [6.07, 6.45) is 5.66. The molecule has 2 aromatic carbocycles. The van der Waals surface area contributed by atoms with Crippen molar-refractivity contribution < 1.29 is 8.78 Å². The van der Waals surface area contributed by atoms with E-state index in [1.165, 1.54) is 18.5 Å². The first-order chi connectivity index (χ1) is 14.6. The predicted molar refractivity (Wildman–Crippen MR) is 113 cm³/mol. The fourth-order valence-corrected chi connectivity index (χ4v) is 3.84. The summed E-state index contributed by atoms with van der Waals surface area (Å²) in [7, 11) is 0. The molecule has 0 saturated heterocycles. The van der Waals surface area contributed by atoms with E-state index in [0.29, 0.717) is 28.9 Å². The van der Waals surface area contributed by atoms with Crippen LogP contribution in [0.3, 0.4) is 0 Å². The molecule has 1 N–H and O–H groups in total. The maximum Gasteiger partial charge on any atom is 0.156 e. The lowest BCUT2D eigenvalue weighted by Gasteiger charge is -2.21. The van der Waals surface area contributed by atoms with E-state index in [1.807, 2.05) is 31.2 Å². The fourth-order valence-electron chi connectivity index (χ4n) is 3.84. The largest absolute Gasteiger partial charge is 0.362 e. The molecule has 0 saturated carbocycles. The Morgan fingerprint density at radius 2 is 1.83 bits per heavy atom. The minimum atomic E-state index is -0.632. The van der Waals surface area contributed by atoms with Gasteiger partial charge >= 0.3 is 0 Å². The lowest BCUT2D eigenvalue weighted by molar-refractivity contribution is 0.584. The second-order valence-electron chi connectivity index (χ2n) is 7.16. The number of nitrogens with zero attached hydrogens (tertiary/aromatic N) is 4. The number of halogens is 2. The minimum absolute atomic E-state index is 0.229. The van der Waals surface area contributed by atoms with Crippen molar-refractivity contribution in [2.75, 3.05) is 5.32 Å². The van der Waals surface area contributed by atoms with Crippen molar-refractivity contribution in [2.24, 2.45) is 4.99 Å². The van der Waals surface area contributed by atoms with E-state index in [9.17, 15) is 8.78 Å². The molecule has 1 aliphatic rings. The molecule has 0 bridgehead atoms. The Labute approximate surface area is 171 Å². The van der Waals surface area contributed by atoms with Gasteiger partial charge in [0.05, 0.1) is 17.3 Å². The van der Waals surface area contributed by atoms with E-state index in [4.69, 9.17) is 0 Å². The summed E-state index contributed by atoms with van der Waals surface area (Å²) in [5.41, 5.74) is 4.24. The van der Waals surface area contributed by atoms with E-state index in [1.54, 1.807) is 12.4 Å². The summed E-state index contributed by atoms with van der Waals surface area (Å²) in [4.78, 5) is 17.5. The smallest absolute Gasteiger partial charge is 0.156 e. The van der Waals surface area contributed by atoms with Crippen molar-refractivity contribution in [3.8, 4) is 11.1 Å². The van der Waals surface area contributed by atoms with Gasteiger partial charge in [-0.25, -0.2) is 18.7 Å². The standard InChI is InChI=1S/C23H17F2N5/c1-13(30-23-22-19(6-8-27-22)28-12-29-23)18-5-4-14-3-2-7-26-21(14)20(18)15-9-16(24)11-17(25)10-15/h2-5,7-13H,6H2,1H3,(H,28,29,30). The van der Waals surface area contributed by atoms with E-state index < -0.39 is 11.6 Å². The molecule has 1 atom stereocenters. The van der Waals surface area contributed by atoms with E-state index in [0.717, 1.165) is 28.4 Å². The molecule has 0 radical (unpaired) electrons. The molecule has 5 rings (SSSR count). The summed E-state index contributed by atoms with van der Waals surface area (Å²) in [6.45, 7) is 1.97. The Hall–Kier alpha value is -3.74. The summed E-state index contributed by atoms with van der Waals surface area (Å²) in [6, 6.07) is 11.0. The highest BCUT2D eigenvalue weighted by molar-refractivity contribution is 5.96. The molecule has 0 aliphatic carbocycles. The molecule has 3 heterocycles. The summed E-state index contributed by atoms with van der Waals surface area (Å²) >= 11 is 0. The van der Waals surface area contributed by atoms with Crippen LogP contribution in [-0.2, 0) is 6.42 Å². The third kappa shape index (κ3) is 3.18. The van der Waals surface area contributed by atoms with Gasteiger partial charge in [-0.2, -0.15) is 0 Å². The van der Waals surface area contributed by atoms with Gasteiger partial charge in [0.25, 0.3) is 0 Å². The number of pyridine rings is 1. The molecule has 0 spiro atoms. The lowest BCUT2D eigenvalue weighted by Crippen LogP contribution is -2.10. The van der Waals surface area contributed by atoms with Gasteiger partial charge in [-0.1, -0.05) is 18.2 Å². The zero-order chi connectivity index (χ0) is 20.7. The number of aromatic nitrogens is 3. The first-order valence-electron chi connectivity index (χ1n) is 9.57. The Bertz CT molecular complexity index is 1280. The van der Waals surface area contributed by atoms with Crippen LogP contribution in [0.2, 0.25) is 0 Å². The van der Waals surface area contributed by atoms with Crippen LogP contribution in [0.5, 0.6) is 0 Å². The van der Waals surface area contributed by atoms with Gasteiger partial charge in [0.1, 0.15) is 23.6 Å². The van der Waals surface area contributed by atoms with Gasteiger partial charge in [0, 0.05) is 35.8 Å². The molecular formula is C23H17F2N5. The van der Waals surface area contributed by atoms with Gasteiger partial charge in [0.15, 0.2) is 5.82 Å². The number of aliphatic imine (C=N–C) groups is 1. The minimum Gasteiger partial charge on any atom is -0.362 e. The molecule has 2 aromatic heterocycles. The Morgan fingerprint density at radius 1 is 1.00 bits per heavy atom. The molecule has 0 amide bonds. The summed E-state index contributed by atoms with van der Waals surface area (Å²) < 4.78 is 28.1. The first kappa shape index (κ1) is 18.3. The zero-order valence-electron chi connectivity index (χ0n) is 16.1. The maximum atomic E-state index is 14.0. The Balaban J connectivity index is 1.66. The Morgan fingerprint density at radius 3 is 2.67 bits per heavy atom. The Kier molecular flexibility index (Phi) is 4.43. The number of hydrogen-bond donors (Lipinski definition) is 1. The van der Waals surface area contributed by atoms with Crippen LogP contribution in [0, 0.1) is 11.6 Å². The van der Waals surface area contributed by atoms with E-state index >= 15 is 0 Å². The number of nitrogens with one attached hydrogen (secondary N) is 1. The molecule has 7 heteroatoms. The zero-order valence-corrected chi connectivity index (χ0v) is 16.1. The quantitative estimate of drug-likeness (QED) is 0.497. The third-order valence-corrected chi connectivity index (χ3v) is 5.18. The van der Waals surface area contributed by atoms with Crippen molar-refractivity contribution in [1.29, 1.82) is 0 Å². The van der Waals surface area contributed by atoms with Gasteiger partial charge in [0.2, 0.25) is 0 Å². The van der Waals surface area contributed by atoms with Gasteiger partial charge in [-0.15, -0.1) is 0 Å². The van der Waals surface area contributed by atoms with Gasteiger partial charge < -0.3 is 5.32 Å². The highest BCUT2D eigenvalue weighted by atomic mass is 19.1.